The molecule has 2 atom stereocenters. The third-order valence-corrected chi connectivity index (χ3v) is 4.04. The average Bonchev–Trinajstić information content (AvgIpc) is 2.92. The molecule has 0 aromatic carbocycles. The van der Waals surface area contributed by atoms with Crippen molar-refractivity contribution < 1.29 is 69.3 Å². The molecule has 128 valence electrons. The van der Waals surface area contributed by atoms with Crippen LogP contribution in [-0.4, -0.2) is 50.3 Å². The molecule has 2 radical (unpaired) electrons. The van der Waals surface area contributed by atoms with E-state index in [1.807, 2.05) is 20.8 Å². The molecule has 1 N–H and O–H groups in total. The van der Waals surface area contributed by atoms with E-state index in [9.17, 15) is 13.2 Å². The molecule has 0 aliphatic carbocycles. The van der Waals surface area contributed by atoms with Gasteiger partial charge in [0.15, 0.2) is 0 Å². The maximum Gasteiger partial charge on any atom is 0.238 e. The molecule has 0 bridgehead atoms. The molecule has 1 aliphatic heterocycles. The number of hydrogen-bond donors (Lipinski definition) is 1. The number of rotatable bonds is 4. The van der Waals surface area contributed by atoms with E-state index in [4.69, 9.17) is 4.79 Å². The van der Waals surface area contributed by atoms with Crippen LogP contribution in [0.1, 0.15) is 40.0 Å². The van der Waals surface area contributed by atoms with Gasteiger partial charge < -0.3 is 17.0 Å². The minimum atomic E-state index is -3.28. The maximum atomic E-state index is 11.8. The average molecular weight is 446 g/mol. The van der Waals surface area contributed by atoms with Crippen molar-refractivity contribution in [2.45, 2.75) is 52.1 Å². The van der Waals surface area contributed by atoms with Crippen LogP contribution in [0.3, 0.4) is 0 Å². The first kappa shape index (κ1) is 30.6. The van der Waals surface area contributed by atoms with Crippen LogP contribution < -0.4 is 5.32 Å². The minimum Gasteiger partial charge on any atom is -0.545 e. The second-order valence-electron chi connectivity index (χ2n) is 4.23. The Labute approximate surface area is 172 Å². The Morgan fingerprint density at radius 2 is 1.86 bits per heavy atom. The molecule has 22 heavy (non-hydrogen) atoms. The van der Waals surface area contributed by atoms with E-state index >= 15 is 0 Å². The van der Waals surface area contributed by atoms with Gasteiger partial charge >= 0.3 is 0 Å². The molecular weight excluding hydrogens is 420 g/mol. The predicted molar refractivity (Wildman–Crippen MR) is 80.2 cm³/mol. The van der Waals surface area contributed by atoms with Gasteiger partial charge in [-0.15, -0.1) is 0 Å². The maximum absolute atomic E-state index is 11.8. The standard InChI is InChI=1S/C10H19N2O3S.C2H6.CHO.V.Y/c1-4-8(2)11-10(13)9-6-5-7-12(9)16(3,14)15;2*1-2;;/h8-9H,1,4-7H2,2-3H3,(H,11,13);1-2H3;1H;;/q-1;;-1;;/t8-,9+;;;;/m1..../s1. The summed E-state index contributed by atoms with van der Waals surface area (Å²) in [5.41, 5.74) is 0. The number of amides is 1. The third-order valence-electron chi connectivity index (χ3n) is 2.75. The summed E-state index contributed by atoms with van der Waals surface area (Å²) in [7, 11) is -3.28. The van der Waals surface area contributed by atoms with Gasteiger partial charge in [-0.2, -0.15) is 10.7 Å². The number of nitrogens with one attached hydrogen (secondary N) is 1. The van der Waals surface area contributed by atoms with Gasteiger partial charge in [-0.3, -0.25) is 11.6 Å². The second kappa shape index (κ2) is 16.6. The fourth-order valence-corrected chi connectivity index (χ4v) is 2.93. The van der Waals surface area contributed by atoms with Gasteiger partial charge in [0.2, 0.25) is 15.9 Å². The summed E-state index contributed by atoms with van der Waals surface area (Å²) in [5, 5.41) is 2.77. The quantitative estimate of drug-likeness (QED) is 0.514. The van der Waals surface area contributed by atoms with Crippen LogP contribution in [0.4, 0.5) is 0 Å². The van der Waals surface area contributed by atoms with Crippen molar-refractivity contribution in [3.63, 3.8) is 0 Å². The summed E-state index contributed by atoms with van der Waals surface area (Å²) >= 11 is 0. The zero-order chi connectivity index (χ0) is 16.3. The molecule has 1 aliphatic rings. The van der Waals surface area contributed by atoms with Crippen molar-refractivity contribution in [1.82, 2.24) is 9.62 Å². The zero-order valence-corrected chi connectivity index (χ0v) is 18.8. The molecule has 0 unspecified atom stereocenters. The van der Waals surface area contributed by atoms with E-state index < -0.39 is 16.1 Å². The molecule has 1 fully saturated rings. The van der Waals surface area contributed by atoms with Crippen molar-refractivity contribution in [3.05, 3.63) is 6.92 Å². The molecule has 1 heterocycles. The molecule has 6 nitrogen and oxygen atoms in total. The largest absolute Gasteiger partial charge is 0.545 e. The zero-order valence-electron chi connectivity index (χ0n) is 13.8. The van der Waals surface area contributed by atoms with Crippen LogP contribution in [0.25, 0.3) is 0 Å². The molecule has 0 aromatic heterocycles. The van der Waals surface area contributed by atoms with Gasteiger partial charge in [-0.1, -0.05) is 13.8 Å². The summed E-state index contributed by atoms with van der Waals surface area (Å²) in [6.07, 6.45) is 3.08. The van der Waals surface area contributed by atoms with E-state index in [0.717, 1.165) is 12.7 Å². The summed E-state index contributed by atoms with van der Waals surface area (Å²) in [5.74, 6) is -0.209. The molecule has 0 aromatic rings. The van der Waals surface area contributed by atoms with Crippen LogP contribution in [0.15, 0.2) is 0 Å². The number of carbonyl (C=O) groups is 1. The van der Waals surface area contributed by atoms with Crippen LogP contribution >= 0.6 is 0 Å². The van der Waals surface area contributed by atoms with E-state index in [0.29, 0.717) is 19.4 Å². The Hall–Kier alpha value is 0.738. The van der Waals surface area contributed by atoms with E-state index in [1.165, 1.54) is 4.31 Å². The summed E-state index contributed by atoms with van der Waals surface area (Å²) < 4.78 is 24.2. The number of nitrogens with zero attached hydrogens (tertiary/aromatic N) is 1. The number of sulfonamides is 1. The van der Waals surface area contributed by atoms with E-state index in [2.05, 4.69) is 19.0 Å². The van der Waals surface area contributed by atoms with Crippen LogP contribution in [0.2, 0.25) is 0 Å². The summed E-state index contributed by atoms with van der Waals surface area (Å²) in [4.78, 5) is 19.6. The Kier molecular flexibility index (Phi) is 23.1. The third kappa shape index (κ3) is 11.3. The Balaban J connectivity index is -0.000000249. The van der Waals surface area contributed by atoms with Crippen molar-refractivity contribution in [2.75, 3.05) is 12.8 Å². The van der Waals surface area contributed by atoms with E-state index in [1.54, 1.807) is 0 Å². The second-order valence-corrected chi connectivity index (χ2v) is 6.17. The number of carbonyl (C=O) groups excluding carboxylic acids is 2. The van der Waals surface area contributed by atoms with Gasteiger partial charge in [0.05, 0.1) is 6.26 Å². The number of hydrogen-bond acceptors (Lipinski definition) is 4. The molecule has 1 saturated heterocycles. The van der Waals surface area contributed by atoms with Gasteiger partial charge in [0, 0.05) is 57.8 Å². The predicted octanol–water partition coefficient (Wildman–Crippen LogP) is 0.886. The molecule has 1 amide bonds. The normalized spacial score (nSPS) is 18.1. The smallest absolute Gasteiger partial charge is 0.238 e. The minimum absolute atomic E-state index is 0. The van der Waals surface area contributed by atoms with Gasteiger partial charge in [-0.25, -0.2) is 8.42 Å². The fourth-order valence-electron chi connectivity index (χ4n) is 1.81. The Morgan fingerprint density at radius 3 is 2.23 bits per heavy atom. The topological polar surface area (TPSA) is 83.6 Å². The van der Waals surface area contributed by atoms with Gasteiger partial charge in [0.25, 0.3) is 0 Å². The SMILES string of the molecule is CC.[CH-]=O.[CH2-]C[C@@H](C)NC(=O)[C@@H]1CCCN1S(C)(=O)=O.[V].[Y]. The van der Waals surface area contributed by atoms with Crippen LogP contribution in [0.5, 0.6) is 0 Å². The first-order chi connectivity index (χ1) is 9.36. The molecule has 1 rings (SSSR count). The molecular formula is C13H26N2O4SVY-2. The van der Waals surface area contributed by atoms with Crippen molar-refractivity contribution in [2.24, 2.45) is 0 Å². The molecule has 9 heteroatoms. The molecule has 0 saturated carbocycles. The Morgan fingerprint density at radius 1 is 1.41 bits per heavy atom. The van der Waals surface area contributed by atoms with Gasteiger partial charge in [0.1, 0.15) is 6.04 Å². The first-order valence-electron chi connectivity index (χ1n) is 6.66. The monoisotopic (exact) mass is 446 g/mol. The Bertz CT molecular complexity index is 382. The van der Waals surface area contributed by atoms with Crippen molar-refractivity contribution >= 4 is 22.7 Å². The molecule has 0 spiro atoms. The summed E-state index contributed by atoms with van der Waals surface area (Å²) in [6.45, 7) is 13.2. The van der Waals surface area contributed by atoms with Crippen LogP contribution in [0, 0.1) is 6.92 Å². The first-order valence-corrected chi connectivity index (χ1v) is 8.51. The van der Waals surface area contributed by atoms with Crippen molar-refractivity contribution in [3.8, 4) is 0 Å². The van der Waals surface area contributed by atoms with Gasteiger partial charge in [-0.05, 0) is 25.8 Å². The fraction of sp³-hybridized carbons (Fsp3) is 0.769. The van der Waals surface area contributed by atoms with Crippen molar-refractivity contribution in [1.29, 1.82) is 0 Å². The van der Waals surface area contributed by atoms with Crippen LogP contribution in [-0.2, 0) is 70.9 Å². The van der Waals surface area contributed by atoms with E-state index in [-0.39, 0.29) is 63.2 Å². The summed E-state index contributed by atoms with van der Waals surface area (Å²) in [6, 6.07) is -0.557.